The van der Waals surface area contributed by atoms with Crippen LogP contribution in [0.3, 0.4) is 0 Å². The van der Waals surface area contributed by atoms with Gasteiger partial charge in [0.2, 0.25) is 0 Å². The summed E-state index contributed by atoms with van der Waals surface area (Å²) in [4.78, 5) is 0. The lowest BCUT2D eigenvalue weighted by Gasteiger charge is -2.14. The second kappa shape index (κ2) is 8.26. The van der Waals surface area contributed by atoms with Gasteiger partial charge in [0.15, 0.2) is 0 Å². The van der Waals surface area contributed by atoms with Gasteiger partial charge in [0, 0.05) is 19.1 Å². The van der Waals surface area contributed by atoms with Gasteiger partial charge in [0.1, 0.15) is 0 Å². The van der Waals surface area contributed by atoms with Crippen LogP contribution in [0.4, 0.5) is 0 Å². The number of aryl methyl sites for hydroxylation is 1. The molecule has 1 rings (SSSR count). The lowest BCUT2D eigenvalue weighted by Crippen LogP contribution is -2.36. The molecule has 17 heavy (non-hydrogen) atoms. The summed E-state index contributed by atoms with van der Waals surface area (Å²) in [6, 6.07) is 9.40. The van der Waals surface area contributed by atoms with Gasteiger partial charge < -0.3 is 10.6 Å². The number of benzene rings is 1. The van der Waals surface area contributed by atoms with Crippen molar-refractivity contribution in [1.82, 2.24) is 10.6 Å². The first-order valence-electron chi connectivity index (χ1n) is 6.78. The molecule has 96 valence electrons. The van der Waals surface area contributed by atoms with Crippen molar-refractivity contribution in [3.8, 4) is 0 Å². The zero-order valence-corrected chi connectivity index (χ0v) is 11.4. The molecule has 0 saturated carbocycles. The molecule has 0 spiro atoms. The fraction of sp³-hybridized carbons (Fsp3) is 0.600. The quantitative estimate of drug-likeness (QED) is 0.676. The third-order valence-corrected chi connectivity index (χ3v) is 2.96. The van der Waals surface area contributed by atoms with Crippen LogP contribution in [0.5, 0.6) is 0 Å². The zero-order valence-electron chi connectivity index (χ0n) is 11.4. The highest BCUT2D eigenvalue weighted by molar-refractivity contribution is 5.22. The molecule has 0 aliphatic carbocycles. The first-order valence-corrected chi connectivity index (χ1v) is 6.78. The minimum atomic E-state index is 0.521. The maximum absolute atomic E-state index is 3.53. The van der Waals surface area contributed by atoms with Crippen LogP contribution in [0, 0.1) is 0 Å². The molecule has 0 bridgehead atoms. The number of hydrogen-bond donors (Lipinski definition) is 2. The molecule has 0 amide bonds. The third-order valence-electron chi connectivity index (χ3n) is 2.96. The van der Waals surface area contributed by atoms with Gasteiger partial charge in [-0.15, -0.1) is 0 Å². The molecule has 2 heteroatoms. The molecular weight excluding hydrogens is 208 g/mol. The summed E-state index contributed by atoms with van der Waals surface area (Å²) < 4.78 is 0. The number of rotatable bonds is 8. The molecule has 0 aliphatic heterocycles. The first kappa shape index (κ1) is 14.2. The molecule has 0 saturated heterocycles. The fourth-order valence-electron chi connectivity index (χ4n) is 1.75. The Hall–Kier alpha value is -0.860. The van der Waals surface area contributed by atoms with Crippen LogP contribution >= 0.6 is 0 Å². The molecule has 1 unspecified atom stereocenters. The van der Waals surface area contributed by atoms with E-state index in [2.05, 4.69) is 55.7 Å². The highest BCUT2D eigenvalue weighted by Crippen LogP contribution is 2.04. The van der Waals surface area contributed by atoms with E-state index in [-0.39, 0.29) is 0 Å². The maximum Gasteiger partial charge on any atom is 0.0208 e. The van der Waals surface area contributed by atoms with Gasteiger partial charge in [-0.2, -0.15) is 0 Å². The van der Waals surface area contributed by atoms with Crippen molar-refractivity contribution in [2.24, 2.45) is 0 Å². The van der Waals surface area contributed by atoms with Gasteiger partial charge in [-0.1, -0.05) is 38.1 Å². The monoisotopic (exact) mass is 234 g/mol. The average Bonchev–Trinajstić information content (AvgIpc) is 2.37. The van der Waals surface area contributed by atoms with Crippen molar-refractivity contribution >= 4 is 0 Å². The average molecular weight is 234 g/mol. The SMILES string of the molecule is CCCNCC(C)NCc1ccc(CC)cc1. The van der Waals surface area contributed by atoms with E-state index in [1.54, 1.807) is 0 Å². The van der Waals surface area contributed by atoms with Crippen LogP contribution in [-0.4, -0.2) is 19.1 Å². The van der Waals surface area contributed by atoms with Crippen LogP contribution in [0.15, 0.2) is 24.3 Å². The smallest absolute Gasteiger partial charge is 0.0208 e. The summed E-state index contributed by atoms with van der Waals surface area (Å²) in [6.07, 6.45) is 2.32. The summed E-state index contributed by atoms with van der Waals surface area (Å²) in [7, 11) is 0. The van der Waals surface area contributed by atoms with Crippen molar-refractivity contribution in [2.75, 3.05) is 13.1 Å². The first-order chi connectivity index (χ1) is 8.26. The molecular formula is C15H26N2. The molecule has 0 fully saturated rings. The lowest BCUT2D eigenvalue weighted by atomic mass is 10.1. The van der Waals surface area contributed by atoms with Gasteiger partial charge in [0.25, 0.3) is 0 Å². The second-order valence-corrected chi connectivity index (χ2v) is 4.66. The molecule has 0 radical (unpaired) electrons. The summed E-state index contributed by atoms with van der Waals surface area (Å²) in [5.41, 5.74) is 2.77. The summed E-state index contributed by atoms with van der Waals surface area (Å²) in [5.74, 6) is 0. The van der Waals surface area contributed by atoms with Gasteiger partial charge in [-0.3, -0.25) is 0 Å². The van der Waals surface area contributed by atoms with Crippen LogP contribution in [0.25, 0.3) is 0 Å². The largest absolute Gasteiger partial charge is 0.315 e. The van der Waals surface area contributed by atoms with E-state index >= 15 is 0 Å². The van der Waals surface area contributed by atoms with Crippen LogP contribution in [0.1, 0.15) is 38.3 Å². The van der Waals surface area contributed by atoms with Gasteiger partial charge in [-0.05, 0) is 37.4 Å². The maximum atomic E-state index is 3.53. The van der Waals surface area contributed by atoms with E-state index in [9.17, 15) is 0 Å². The molecule has 0 aliphatic rings. The number of hydrogen-bond acceptors (Lipinski definition) is 2. The lowest BCUT2D eigenvalue weighted by molar-refractivity contribution is 0.501. The number of nitrogens with one attached hydrogen (secondary N) is 2. The minimum Gasteiger partial charge on any atom is -0.315 e. The Morgan fingerprint density at radius 3 is 2.29 bits per heavy atom. The zero-order chi connectivity index (χ0) is 12.5. The third kappa shape index (κ3) is 5.85. The standard InChI is InChI=1S/C15H26N2/c1-4-10-16-11-13(3)17-12-15-8-6-14(5-2)7-9-15/h6-9,13,16-17H,4-5,10-12H2,1-3H3. The Labute approximate surface area is 106 Å². The molecule has 1 aromatic carbocycles. The van der Waals surface area contributed by atoms with E-state index in [4.69, 9.17) is 0 Å². The molecule has 0 heterocycles. The highest BCUT2D eigenvalue weighted by atomic mass is 15.0. The van der Waals surface area contributed by atoms with Crippen molar-refractivity contribution in [3.63, 3.8) is 0 Å². The van der Waals surface area contributed by atoms with E-state index in [0.29, 0.717) is 6.04 Å². The molecule has 0 aromatic heterocycles. The van der Waals surface area contributed by atoms with Crippen LogP contribution < -0.4 is 10.6 Å². The summed E-state index contributed by atoms with van der Waals surface area (Å²) in [6.45, 7) is 9.72. The van der Waals surface area contributed by atoms with E-state index in [1.165, 1.54) is 17.5 Å². The van der Waals surface area contributed by atoms with Crippen LogP contribution in [0.2, 0.25) is 0 Å². The molecule has 1 atom stereocenters. The predicted molar refractivity (Wildman–Crippen MR) is 75.3 cm³/mol. The Morgan fingerprint density at radius 1 is 1.06 bits per heavy atom. The Kier molecular flexibility index (Phi) is 6.90. The van der Waals surface area contributed by atoms with Gasteiger partial charge >= 0.3 is 0 Å². The normalized spacial score (nSPS) is 12.6. The minimum absolute atomic E-state index is 0.521. The van der Waals surface area contributed by atoms with Gasteiger partial charge in [-0.25, -0.2) is 0 Å². The summed E-state index contributed by atoms with van der Waals surface area (Å²) >= 11 is 0. The van der Waals surface area contributed by atoms with Crippen molar-refractivity contribution in [1.29, 1.82) is 0 Å². The Balaban J connectivity index is 2.24. The van der Waals surface area contributed by atoms with Crippen molar-refractivity contribution in [3.05, 3.63) is 35.4 Å². The van der Waals surface area contributed by atoms with Crippen molar-refractivity contribution < 1.29 is 0 Å². The van der Waals surface area contributed by atoms with E-state index in [1.807, 2.05) is 0 Å². The molecule has 1 aromatic rings. The second-order valence-electron chi connectivity index (χ2n) is 4.66. The molecule has 2 nitrogen and oxygen atoms in total. The topological polar surface area (TPSA) is 24.1 Å². The fourth-order valence-corrected chi connectivity index (χ4v) is 1.75. The van der Waals surface area contributed by atoms with Crippen LogP contribution in [-0.2, 0) is 13.0 Å². The predicted octanol–water partition coefficient (Wildman–Crippen LogP) is 2.73. The van der Waals surface area contributed by atoms with E-state index in [0.717, 1.165) is 26.1 Å². The summed E-state index contributed by atoms with van der Waals surface area (Å²) in [5, 5.41) is 6.96. The van der Waals surface area contributed by atoms with E-state index < -0.39 is 0 Å². The van der Waals surface area contributed by atoms with Gasteiger partial charge in [0.05, 0.1) is 0 Å². The molecule has 2 N–H and O–H groups in total. The van der Waals surface area contributed by atoms with Crippen molar-refractivity contribution in [2.45, 2.75) is 46.2 Å². The Bertz CT molecular complexity index is 292. The Morgan fingerprint density at radius 2 is 1.71 bits per heavy atom. The highest BCUT2D eigenvalue weighted by Gasteiger charge is 2.00.